The molecular weight excluding hydrogens is 286 g/mol. The van der Waals surface area contributed by atoms with Crippen molar-refractivity contribution >= 4 is 21.4 Å². The zero-order valence-electron chi connectivity index (χ0n) is 10.9. The van der Waals surface area contributed by atoms with E-state index in [0.717, 1.165) is 12.2 Å². The molecule has 0 aliphatic carbocycles. The number of ether oxygens (including phenoxy) is 1. The predicted octanol–water partition coefficient (Wildman–Crippen LogP) is 1.84. The molecule has 2 rings (SSSR count). The first-order valence-corrected chi connectivity index (χ1v) is 8.45. The Labute approximate surface area is 119 Å². The van der Waals surface area contributed by atoms with Gasteiger partial charge in [0.1, 0.15) is 12.4 Å². The minimum atomic E-state index is -2.82. The zero-order valence-corrected chi connectivity index (χ0v) is 12.5. The summed E-state index contributed by atoms with van der Waals surface area (Å²) < 4.78 is 28.4. The highest BCUT2D eigenvalue weighted by molar-refractivity contribution is 7.91. The molecule has 1 aliphatic rings. The fourth-order valence-electron chi connectivity index (χ4n) is 2.14. The molecule has 1 aromatic carbocycles. The Bertz CT molecular complexity index is 515. The van der Waals surface area contributed by atoms with Crippen LogP contribution in [0.1, 0.15) is 6.42 Å². The lowest BCUT2D eigenvalue weighted by Gasteiger charge is -2.22. The van der Waals surface area contributed by atoms with Gasteiger partial charge in [-0.05, 0) is 37.7 Å². The lowest BCUT2D eigenvalue weighted by atomic mass is 10.2. The highest BCUT2D eigenvalue weighted by atomic mass is 35.5. The summed E-state index contributed by atoms with van der Waals surface area (Å²) in [7, 11) is -0.878. The van der Waals surface area contributed by atoms with E-state index < -0.39 is 9.84 Å². The van der Waals surface area contributed by atoms with Crippen LogP contribution in [0.3, 0.4) is 0 Å². The number of likely N-dealkylation sites (N-methyl/N-ethyl adjacent to an activating group) is 1. The van der Waals surface area contributed by atoms with Crippen LogP contribution in [-0.4, -0.2) is 51.1 Å². The van der Waals surface area contributed by atoms with Gasteiger partial charge < -0.3 is 4.74 Å². The maximum absolute atomic E-state index is 11.4. The molecule has 1 heterocycles. The van der Waals surface area contributed by atoms with E-state index in [9.17, 15) is 8.42 Å². The van der Waals surface area contributed by atoms with Crippen molar-refractivity contribution in [2.75, 3.05) is 31.7 Å². The van der Waals surface area contributed by atoms with E-state index in [1.165, 1.54) is 0 Å². The first kappa shape index (κ1) is 14.6. The molecule has 0 spiro atoms. The molecule has 1 unspecified atom stereocenters. The summed E-state index contributed by atoms with van der Waals surface area (Å²) in [4.78, 5) is 2.06. The standard InChI is InChI=1S/C13H18ClNO3S/c1-15(12-6-9-19(16,17)10-12)7-8-18-13-4-2-11(14)3-5-13/h2-5,12H,6-10H2,1H3. The van der Waals surface area contributed by atoms with Crippen LogP contribution in [0.15, 0.2) is 24.3 Å². The Morgan fingerprint density at radius 3 is 2.63 bits per heavy atom. The van der Waals surface area contributed by atoms with Gasteiger partial charge in [-0.3, -0.25) is 4.90 Å². The smallest absolute Gasteiger partial charge is 0.151 e. The largest absolute Gasteiger partial charge is 0.492 e. The molecule has 1 saturated heterocycles. The number of nitrogens with zero attached hydrogens (tertiary/aromatic N) is 1. The minimum absolute atomic E-state index is 0.124. The van der Waals surface area contributed by atoms with Crippen molar-refractivity contribution in [3.05, 3.63) is 29.3 Å². The van der Waals surface area contributed by atoms with Crippen LogP contribution in [0.25, 0.3) is 0 Å². The molecule has 0 N–H and O–H groups in total. The van der Waals surface area contributed by atoms with Gasteiger partial charge in [-0.1, -0.05) is 11.6 Å². The Hall–Kier alpha value is -0.780. The number of benzene rings is 1. The van der Waals surface area contributed by atoms with E-state index in [2.05, 4.69) is 4.90 Å². The molecule has 1 atom stereocenters. The van der Waals surface area contributed by atoms with Crippen LogP contribution < -0.4 is 4.74 Å². The van der Waals surface area contributed by atoms with E-state index in [4.69, 9.17) is 16.3 Å². The quantitative estimate of drug-likeness (QED) is 0.833. The van der Waals surface area contributed by atoms with Crippen LogP contribution in [0, 0.1) is 0 Å². The lowest BCUT2D eigenvalue weighted by molar-refractivity contribution is 0.202. The molecule has 1 fully saturated rings. The van der Waals surface area contributed by atoms with Gasteiger partial charge in [-0.25, -0.2) is 8.42 Å². The molecule has 106 valence electrons. The van der Waals surface area contributed by atoms with Crippen LogP contribution in [-0.2, 0) is 9.84 Å². The molecule has 1 aromatic rings. The van der Waals surface area contributed by atoms with E-state index in [0.29, 0.717) is 23.9 Å². The Morgan fingerprint density at radius 2 is 2.05 bits per heavy atom. The normalized spacial score (nSPS) is 21.7. The molecular formula is C13H18ClNO3S. The number of sulfone groups is 1. The maximum atomic E-state index is 11.4. The summed E-state index contributed by atoms with van der Waals surface area (Å²) in [5.41, 5.74) is 0. The Balaban J connectivity index is 1.75. The molecule has 0 saturated carbocycles. The van der Waals surface area contributed by atoms with Gasteiger partial charge in [0, 0.05) is 17.6 Å². The molecule has 0 radical (unpaired) electrons. The fourth-order valence-corrected chi connectivity index (χ4v) is 4.08. The number of rotatable bonds is 5. The van der Waals surface area contributed by atoms with E-state index in [-0.39, 0.29) is 11.8 Å². The molecule has 0 amide bonds. The van der Waals surface area contributed by atoms with Gasteiger partial charge in [-0.2, -0.15) is 0 Å². The van der Waals surface area contributed by atoms with Gasteiger partial charge in [0.15, 0.2) is 9.84 Å². The summed E-state index contributed by atoms with van der Waals surface area (Å²) in [6, 6.07) is 7.33. The molecule has 1 aliphatic heterocycles. The first-order valence-electron chi connectivity index (χ1n) is 6.25. The maximum Gasteiger partial charge on any atom is 0.151 e. The second-order valence-corrected chi connectivity index (χ2v) is 7.51. The van der Waals surface area contributed by atoms with Gasteiger partial charge in [-0.15, -0.1) is 0 Å². The predicted molar refractivity (Wildman–Crippen MR) is 76.6 cm³/mol. The third kappa shape index (κ3) is 4.37. The van der Waals surface area contributed by atoms with E-state index in [1.54, 1.807) is 12.1 Å². The summed E-state index contributed by atoms with van der Waals surface area (Å²) in [5, 5.41) is 0.681. The Kier molecular flexibility index (Phi) is 4.71. The van der Waals surface area contributed by atoms with E-state index in [1.807, 2.05) is 19.2 Å². The van der Waals surface area contributed by atoms with Crippen molar-refractivity contribution in [1.29, 1.82) is 0 Å². The van der Waals surface area contributed by atoms with Crippen molar-refractivity contribution in [3.63, 3.8) is 0 Å². The van der Waals surface area contributed by atoms with Gasteiger partial charge >= 0.3 is 0 Å². The topological polar surface area (TPSA) is 46.6 Å². The Morgan fingerprint density at radius 1 is 1.37 bits per heavy atom. The third-order valence-corrected chi connectivity index (χ3v) is 5.36. The molecule has 0 aromatic heterocycles. The van der Waals surface area contributed by atoms with Crippen LogP contribution in [0.5, 0.6) is 5.75 Å². The molecule has 6 heteroatoms. The summed E-state index contributed by atoms with van der Waals surface area (Å²) >= 11 is 5.79. The zero-order chi connectivity index (χ0) is 13.9. The van der Waals surface area contributed by atoms with Crippen LogP contribution in [0.4, 0.5) is 0 Å². The third-order valence-electron chi connectivity index (χ3n) is 3.36. The monoisotopic (exact) mass is 303 g/mol. The lowest BCUT2D eigenvalue weighted by Crippen LogP contribution is -2.35. The first-order chi connectivity index (χ1) is 8.96. The summed E-state index contributed by atoms with van der Waals surface area (Å²) in [6.07, 6.45) is 0.722. The summed E-state index contributed by atoms with van der Waals surface area (Å²) in [5.74, 6) is 1.35. The summed E-state index contributed by atoms with van der Waals surface area (Å²) in [6.45, 7) is 1.25. The second-order valence-electron chi connectivity index (χ2n) is 4.84. The number of halogens is 1. The van der Waals surface area contributed by atoms with Crippen LogP contribution >= 0.6 is 11.6 Å². The number of hydrogen-bond donors (Lipinski definition) is 0. The average Bonchev–Trinajstić information content (AvgIpc) is 2.72. The van der Waals surface area contributed by atoms with Gasteiger partial charge in [0.05, 0.1) is 11.5 Å². The van der Waals surface area contributed by atoms with Crippen molar-refractivity contribution in [2.45, 2.75) is 12.5 Å². The average molecular weight is 304 g/mol. The molecule has 19 heavy (non-hydrogen) atoms. The van der Waals surface area contributed by atoms with Crippen molar-refractivity contribution in [1.82, 2.24) is 4.90 Å². The number of hydrogen-bond acceptors (Lipinski definition) is 4. The van der Waals surface area contributed by atoms with Crippen molar-refractivity contribution in [3.8, 4) is 5.75 Å². The highest BCUT2D eigenvalue weighted by Gasteiger charge is 2.30. The van der Waals surface area contributed by atoms with Crippen molar-refractivity contribution < 1.29 is 13.2 Å². The van der Waals surface area contributed by atoms with Gasteiger partial charge in [0.2, 0.25) is 0 Å². The van der Waals surface area contributed by atoms with Gasteiger partial charge in [0.25, 0.3) is 0 Å². The second kappa shape index (κ2) is 6.11. The van der Waals surface area contributed by atoms with Crippen molar-refractivity contribution in [2.24, 2.45) is 0 Å². The highest BCUT2D eigenvalue weighted by Crippen LogP contribution is 2.17. The van der Waals surface area contributed by atoms with E-state index >= 15 is 0 Å². The SMILES string of the molecule is CN(CCOc1ccc(Cl)cc1)C1CCS(=O)(=O)C1. The fraction of sp³-hybridized carbons (Fsp3) is 0.538. The molecule has 4 nitrogen and oxygen atoms in total. The molecule has 0 bridgehead atoms. The minimum Gasteiger partial charge on any atom is -0.492 e. The van der Waals surface area contributed by atoms with Crippen LogP contribution in [0.2, 0.25) is 5.02 Å².